The van der Waals surface area contributed by atoms with Gasteiger partial charge in [0, 0.05) is 19.1 Å². The summed E-state index contributed by atoms with van der Waals surface area (Å²) in [5, 5.41) is 12.4. The Bertz CT molecular complexity index is 430. The Balaban J connectivity index is 2.65. The number of benzene rings is 1. The highest BCUT2D eigenvalue weighted by atomic mass is 16.3. The molecule has 0 saturated carbocycles. The molecule has 20 heavy (non-hydrogen) atoms. The van der Waals surface area contributed by atoms with Gasteiger partial charge in [0.2, 0.25) is 0 Å². The van der Waals surface area contributed by atoms with Crippen molar-refractivity contribution in [1.29, 1.82) is 0 Å². The molecule has 0 radical (unpaired) electrons. The Labute approximate surface area is 121 Å². The summed E-state index contributed by atoms with van der Waals surface area (Å²) >= 11 is 0. The van der Waals surface area contributed by atoms with Crippen LogP contribution in [-0.2, 0) is 13.0 Å². The van der Waals surface area contributed by atoms with Gasteiger partial charge in [-0.3, -0.25) is 0 Å². The second kappa shape index (κ2) is 7.90. The van der Waals surface area contributed by atoms with E-state index in [4.69, 9.17) is 0 Å². The van der Waals surface area contributed by atoms with Crippen LogP contribution in [0.2, 0.25) is 0 Å². The van der Waals surface area contributed by atoms with Crippen molar-refractivity contribution in [3.05, 3.63) is 35.4 Å². The summed E-state index contributed by atoms with van der Waals surface area (Å²) in [4.78, 5) is 13.8. The number of hydrogen-bond acceptors (Lipinski definition) is 2. The van der Waals surface area contributed by atoms with E-state index in [1.165, 1.54) is 5.56 Å². The first-order valence-electron chi connectivity index (χ1n) is 7.25. The molecule has 0 aliphatic rings. The van der Waals surface area contributed by atoms with Crippen LogP contribution in [0.4, 0.5) is 4.79 Å². The minimum absolute atomic E-state index is 0.0611. The molecule has 1 atom stereocenters. The number of amides is 2. The lowest BCUT2D eigenvalue weighted by atomic mass is 10.1. The number of aliphatic hydroxyl groups is 1. The maximum atomic E-state index is 12.2. The van der Waals surface area contributed by atoms with E-state index in [2.05, 4.69) is 18.3 Å². The number of carbonyl (C=O) groups is 1. The van der Waals surface area contributed by atoms with Crippen LogP contribution in [0, 0.1) is 0 Å². The molecule has 0 aliphatic heterocycles. The van der Waals surface area contributed by atoms with Crippen LogP contribution in [0.25, 0.3) is 0 Å². The molecule has 1 aromatic carbocycles. The molecule has 112 valence electrons. The van der Waals surface area contributed by atoms with Gasteiger partial charge in [-0.1, -0.05) is 31.2 Å². The molecule has 0 fully saturated rings. The van der Waals surface area contributed by atoms with Gasteiger partial charge in [0.15, 0.2) is 0 Å². The van der Waals surface area contributed by atoms with E-state index in [9.17, 15) is 9.90 Å². The van der Waals surface area contributed by atoms with Crippen molar-refractivity contribution < 1.29 is 9.90 Å². The summed E-state index contributed by atoms with van der Waals surface area (Å²) < 4.78 is 0. The molecule has 4 heteroatoms. The third kappa shape index (κ3) is 4.85. The van der Waals surface area contributed by atoms with Crippen LogP contribution in [0.15, 0.2) is 24.3 Å². The number of nitrogens with one attached hydrogen (secondary N) is 1. The van der Waals surface area contributed by atoms with Crippen molar-refractivity contribution in [3.8, 4) is 0 Å². The van der Waals surface area contributed by atoms with Gasteiger partial charge >= 0.3 is 6.03 Å². The normalized spacial score (nSPS) is 12.3. The zero-order valence-corrected chi connectivity index (χ0v) is 12.9. The van der Waals surface area contributed by atoms with Gasteiger partial charge in [0.05, 0.1) is 6.10 Å². The van der Waals surface area contributed by atoms with E-state index >= 15 is 0 Å². The highest BCUT2D eigenvalue weighted by Gasteiger charge is 2.18. The maximum Gasteiger partial charge on any atom is 0.317 e. The fourth-order valence-corrected chi connectivity index (χ4v) is 2.16. The Hall–Kier alpha value is -1.55. The van der Waals surface area contributed by atoms with Crippen LogP contribution in [0.5, 0.6) is 0 Å². The molecule has 0 spiro atoms. The SMILES string of the molecule is CCc1ccccc1CNC(=O)N(CC(C)O)C(C)C. The topological polar surface area (TPSA) is 52.6 Å². The first-order chi connectivity index (χ1) is 9.45. The van der Waals surface area contributed by atoms with E-state index in [0.717, 1.165) is 12.0 Å². The number of rotatable bonds is 6. The summed E-state index contributed by atoms with van der Waals surface area (Å²) in [6.45, 7) is 8.55. The largest absolute Gasteiger partial charge is 0.392 e. The molecule has 1 aromatic rings. The third-order valence-corrected chi connectivity index (χ3v) is 3.27. The quantitative estimate of drug-likeness (QED) is 0.840. The standard InChI is InChI=1S/C16H26N2O2/c1-5-14-8-6-7-9-15(14)10-17-16(20)18(12(2)3)11-13(4)19/h6-9,12-13,19H,5,10-11H2,1-4H3,(H,17,20). The molecule has 0 saturated heterocycles. The van der Waals surface area contributed by atoms with Crippen LogP contribution in [0.1, 0.15) is 38.8 Å². The van der Waals surface area contributed by atoms with Gasteiger partial charge in [-0.15, -0.1) is 0 Å². The van der Waals surface area contributed by atoms with Crippen molar-refractivity contribution in [2.75, 3.05) is 6.54 Å². The van der Waals surface area contributed by atoms with Crippen LogP contribution in [-0.4, -0.2) is 34.7 Å². The Kier molecular flexibility index (Phi) is 6.52. The Morgan fingerprint density at radius 2 is 1.85 bits per heavy atom. The van der Waals surface area contributed by atoms with Crippen LogP contribution in [0.3, 0.4) is 0 Å². The minimum Gasteiger partial charge on any atom is -0.392 e. The van der Waals surface area contributed by atoms with Crippen molar-refractivity contribution in [2.24, 2.45) is 0 Å². The summed E-state index contributed by atoms with van der Waals surface area (Å²) in [5.74, 6) is 0. The lowest BCUT2D eigenvalue weighted by Gasteiger charge is -2.28. The van der Waals surface area contributed by atoms with E-state index in [1.54, 1.807) is 11.8 Å². The van der Waals surface area contributed by atoms with E-state index < -0.39 is 6.10 Å². The smallest absolute Gasteiger partial charge is 0.317 e. The van der Waals surface area contributed by atoms with Gasteiger partial charge in [-0.2, -0.15) is 0 Å². The first kappa shape index (κ1) is 16.5. The molecule has 2 amide bonds. The average Bonchev–Trinajstić information content (AvgIpc) is 2.42. The number of aliphatic hydroxyl groups excluding tert-OH is 1. The van der Waals surface area contributed by atoms with Crippen molar-refractivity contribution in [3.63, 3.8) is 0 Å². The molecule has 0 aromatic heterocycles. The Morgan fingerprint density at radius 3 is 2.35 bits per heavy atom. The lowest BCUT2D eigenvalue weighted by Crippen LogP contribution is -2.46. The van der Waals surface area contributed by atoms with Crippen molar-refractivity contribution in [2.45, 2.75) is 52.8 Å². The highest BCUT2D eigenvalue weighted by molar-refractivity contribution is 5.74. The molecule has 4 nitrogen and oxygen atoms in total. The van der Waals surface area contributed by atoms with Crippen molar-refractivity contribution >= 4 is 6.03 Å². The lowest BCUT2D eigenvalue weighted by molar-refractivity contribution is 0.118. The van der Waals surface area contributed by atoms with Gasteiger partial charge in [-0.05, 0) is 38.3 Å². The van der Waals surface area contributed by atoms with Gasteiger partial charge in [0.25, 0.3) is 0 Å². The fourth-order valence-electron chi connectivity index (χ4n) is 2.16. The fraction of sp³-hybridized carbons (Fsp3) is 0.562. The monoisotopic (exact) mass is 278 g/mol. The number of urea groups is 1. The zero-order valence-electron chi connectivity index (χ0n) is 12.9. The van der Waals surface area contributed by atoms with E-state index in [0.29, 0.717) is 13.1 Å². The molecule has 1 unspecified atom stereocenters. The average molecular weight is 278 g/mol. The number of hydrogen-bond donors (Lipinski definition) is 2. The predicted molar refractivity (Wildman–Crippen MR) is 81.6 cm³/mol. The number of carbonyl (C=O) groups excluding carboxylic acids is 1. The predicted octanol–water partition coefficient (Wildman–Crippen LogP) is 2.55. The molecule has 1 rings (SSSR count). The molecule has 0 aliphatic carbocycles. The van der Waals surface area contributed by atoms with Crippen LogP contribution < -0.4 is 5.32 Å². The van der Waals surface area contributed by atoms with Gasteiger partial charge in [0.1, 0.15) is 0 Å². The third-order valence-electron chi connectivity index (χ3n) is 3.27. The van der Waals surface area contributed by atoms with Gasteiger partial charge in [-0.25, -0.2) is 4.79 Å². The Morgan fingerprint density at radius 1 is 1.25 bits per heavy atom. The highest BCUT2D eigenvalue weighted by Crippen LogP contribution is 2.09. The zero-order chi connectivity index (χ0) is 15.1. The molecule has 0 heterocycles. The number of aryl methyl sites for hydroxylation is 1. The molecule has 0 bridgehead atoms. The van der Waals surface area contributed by atoms with Crippen LogP contribution >= 0.6 is 0 Å². The molecular weight excluding hydrogens is 252 g/mol. The number of nitrogens with zero attached hydrogens (tertiary/aromatic N) is 1. The van der Waals surface area contributed by atoms with Crippen molar-refractivity contribution in [1.82, 2.24) is 10.2 Å². The summed E-state index contributed by atoms with van der Waals surface area (Å²) in [6.07, 6.45) is 0.430. The van der Waals surface area contributed by atoms with E-state index in [-0.39, 0.29) is 12.1 Å². The van der Waals surface area contributed by atoms with E-state index in [1.807, 2.05) is 32.0 Å². The first-order valence-corrected chi connectivity index (χ1v) is 7.25. The summed E-state index contributed by atoms with van der Waals surface area (Å²) in [5.41, 5.74) is 2.39. The second-order valence-electron chi connectivity index (χ2n) is 5.38. The molecule has 2 N–H and O–H groups in total. The molecular formula is C16H26N2O2. The van der Waals surface area contributed by atoms with Gasteiger partial charge < -0.3 is 15.3 Å². The second-order valence-corrected chi connectivity index (χ2v) is 5.38. The summed E-state index contributed by atoms with van der Waals surface area (Å²) in [6, 6.07) is 8.04. The minimum atomic E-state index is -0.522. The summed E-state index contributed by atoms with van der Waals surface area (Å²) in [7, 11) is 0. The maximum absolute atomic E-state index is 12.2.